The van der Waals surface area contributed by atoms with Crippen molar-refractivity contribution in [2.45, 2.75) is 46.8 Å². The van der Waals surface area contributed by atoms with Crippen molar-refractivity contribution in [3.8, 4) is 0 Å². The smallest absolute Gasteiger partial charge is 0.0765 e. The van der Waals surface area contributed by atoms with Crippen LogP contribution in [0.1, 0.15) is 38.8 Å². The van der Waals surface area contributed by atoms with E-state index in [1.165, 1.54) is 16.8 Å². The second kappa shape index (κ2) is 6.92. The molecule has 1 rings (SSSR count). The van der Waals surface area contributed by atoms with Gasteiger partial charge in [0.1, 0.15) is 0 Å². The number of nitrogens with one attached hydrogen (secondary N) is 1. The highest BCUT2D eigenvalue weighted by Gasteiger charge is 2.19. The minimum Gasteiger partial charge on any atom is -0.389 e. The fraction of sp³-hybridized carbons (Fsp3) is 0.625. The summed E-state index contributed by atoms with van der Waals surface area (Å²) in [4.78, 5) is 2.24. The SMILES string of the molecule is CCNCc1cc(C)ccc1N(CC)CC(C)(C)O. The molecule has 1 aromatic rings. The standard InChI is InChI=1S/C16H28N2O/c1-6-17-11-14-10-13(3)8-9-15(14)18(7-2)12-16(4,5)19/h8-10,17,19H,6-7,11-12H2,1-5H3. The third-order valence-corrected chi connectivity index (χ3v) is 3.10. The molecule has 0 amide bonds. The van der Waals surface area contributed by atoms with Gasteiger partial charge in [-0.3, -0.25) is 0 Å². The Morgan fingerprint density at radius 3 is 2.47 bits per heavy atom. The maximum atomic E-state index is 10.0. The molecular formula is C16H28N2O. The number of anilines is 1. The van der Waals surface area contributed by atoms with Gasteiger partial charge in [-0.1, -0.05) is 24.6 Å². The molecular weight excluding hydrogens is 236 g/mol. The molecule has 3 nitrogen and oxygen atoms in total. The lowest BCUT2D eigenvalue weighted by Crippen LogP contribution is -2.39. The van der Waals surface area contributed by atoms with Crippen LogP contribution in [0.3, 0.4) is 0 Å². The van der Waals surface area contributed by atoms with Crippen molar-refractivity contribution in [2.24, 2.45) is 0 Å². The monoisotopic (exact) mass is 264 g/mol. The first kappa shape index (κ1) is 16.0. The van der Waals surface area contributed by atoms with Gasteiger partial charge in [-0.05, 0) is 45.9 Å². The van der Waals surface area contributed by atoms with Gasteiger partial charge in [-0.15, -0.1) is 0 Å². The fourth-order valence-electron chi connectivity index (χ4n) is 2.26. The average molecular weight is 264 g/mol. The summed E-state index contributed by atoms with van der Waals surface area (Å²) in [7, 11) is 0. The number of hydrogen-bond donors (Lipinski definition) is 2. The summed E-state index contributed by atoms with van der Waals surface area (Å²) in [5.41, 5.74) is 3.11. The van der Waals surface area contributed by atoms with Gasteiger partial charge in [0.2, 0.25) is 0 Å². The largest absolute Gasteiger partial charge is 0.389 e. The molecule has 0 heterocycles. The first-order chi connectivity index (χ1) is 8.87. The van der Waals surface area contributed by atoms with Crippen molar-refractivity contribution in [3.05, 3.63) is 29.3 Å². The summed E-state index contributed by atoms with van der Waals surface area (Å²) < 4.78 is 0. The lowest BCUT2D eigenvalue weighted by molar-refractivity contribution is 0.0875. The van der Waals surface area contributed by atoms with Crippen LogP contribution in [0.2, 0.25) is 0 Å². The van der Waals surface area contributed by atoms with E-state index in [2.05, 4.69) is 49.2 Å². The molecule has 0 aliphatic carbocycles. The van der Waals surface area contributed by atoms with Crippen molar-refractivity contribution >= 4 is 5.69 Å². The zero-order chi connectivity index (χ0) is 14.5. The quantitative estimate of drug-likeness (QED) is 0.795. The molecule has 0 aliphatic heterocycles. The summed E-state index contributed by atoms with van der Waals surface area (Å²) in [6.07, 6.45) is 0. The van der Waals surface area contributed by atoms with Crippen LogP contribution in [0.5, 0.6) is 0 Å². The highest BCUT2D eigenvalue weighted by Crippen LogP contribution is 2.23. The van der Waals surface area contributed by atoms with Gasteiger partial charge in [0.05, 0.1) is 5.60 Å². The summed E-state index contributed by atoms with van der Waals surface area (Å²) in [6.45, 7) is 13.4. The lowest BCUT2D eigenvalue weighted by atomic mass is 10.1. The molecule has 0 bridgehead atoms. The molecule has 2 N–H and O–H groups in total. The fourth-order valence-corrected chi connectivity index (χ4v) is 2.26. The molecule has 0 atom stereocenters. The van der Waals surface area contributed by atoms with Gasteiger partial charge in [-0.25, -0.2) is 0 Å². The molecule has 0 aromatic heterocycles. The van der Waals surface area contributed by atoms with Crippen LogP contribution < -0.4 is 10.2 Å². The van der Waals surface area contributed by atoms with Gasteiger partial charge in [-0.2, -0.15) is 0 Å². The molecule has 19 heavy (non-hydrogen) atoms. The average Bonchev–Trinajstić information content (AvgIpc) is 2.32. The van der Waals surface area contributed by atoms with Crippen LogP contribution in [0.25, 0.3) is 0 Å². The minimum absolute atomic E-state index is 0.645. The third kappa shape index (κ3) is 5.21. The topological polar surface area (TPSA) is 35.5 Å². The molecule has 0 unspecified atom stereocenters. The van der Waals surface area contributed by atoms with E-state index in [4.69, 9.17) is 0 Å². The van der Waals surface area contributed by atoms with Crippen LogP contribution in [0.15, 0.2) is 18.2 Å². The number of hydrogen-bond acceptors (Lipinski definition) is 3. The molecule has 3 heteroatoms. The highest BCUT2D eigenvalue weighted by atomic mass is 16.3. The van der Waals surface area contributed by atoms with Crippen LogP contribution in [0, 0.1) is 6.92 Å². The third-order valence-electron chi connectivity index (χ3n) is 3.10. The van der Waals surface area contributed by atoms with Crippen LogP contribution in [0.4, 0.5) is 5.69 Å². The van der Waals surface area contributed by atoms with E-state index < -0.39 is 5.60 Å². The van der Waals surface area contributed by atoms with Crippen molar-refractivity contribution < 1.29 is 5.11 Å². The van der Waals surface area contributed by atoms with Crippen molar-refractivity contribution in [1.29, 1.82) is 0 Å². The summed E-state index contributed by atoms with van der Waals surface area (Å²) in [5.74, 6) is 0. The Morgan fingerprint density at radius 1 is 1.26 bits per heavy atom. The van der Waals surface area contributed by atoms with Crippen LogP contribution >= 0.6 is 0 Å². The molecule has 0 radical (unpaired) electrons. The molecule has 0 aliphatic rings. The first-order valence-electron chi connectivity index (χ1n) is 7.15. The van der Waals surface area contributed by atoms with E-state index in [1.807, 2.05) is 13.8 Å². The predicted octanol–water partition coefficient (Wildman–Crippen LogP) is 2.70. The maximum Gasteiger partial charge on any atom is 0.0765 e. The Kier molecular flexibility index (Phi) is 5.83. The zero-order valence-corrected chi connectivity index (χ0v) is 13.0. The van der Waals surface area contributed by atoms with Gasteiger partial charge in [0, 0.05) is 25.3 Å². The van der Waals surface area contributed by atoms with E-state index in [-0.39, 0.29) is 0 Å². The van der Waals surface area contributed by atoms with Crippen molar-refractivity contribution in [3.63, 3.8) is 0 Å². The van der Waals surface area contributed by atoms with Crippen molar-refractivity contribution in [2.75, 3.05) is 24.5 Å². The molecule has 0 saturated carbocycles. The van der Waals surface area contributed by atoms with Crippen LogP contribution in [-0.2, 0) is 6.54 Å². The molecule has 0 saturated heterocycles. The van der Waals surface area contributed by atoms with E-state index in [0.29, 0.717) is 6.54 Å². The van der Waals surface area contributed by atoms with Gasteiger partial charge < -0.3 is 15.3 Å². The second-order valence-electron chi connectivity index (χ2n) is 5.74. The Balaban J connectivity index is 3.01. The molecule has 108 valence electrons. The Labute approximate surface area is 117 Å². The Bertz CT molecular complexity index is 396. The zero-order valence-electron chi connectivity index (χ0n) is 13.0. The van der Waals surface area contributed by atoms with E-state index in [0.717, 1.165) is 19.6 Å². The number of nitrogens with zero attached hydrogens (tertiary/aromatic N) is 1. The van der Waals surface area contributed by atoms with E-state index in [1.54, 1.807) is 0 Å². The summed E-state index contributed by atoms with van der Waals surface area (Å²) >= 11 is 0. The first-order valence-corrected chi connectivity index (χ1v) is 7.15. The van der Waals surface area contributed by atoms with Crippen molar-refractivity contribution in [1.82, 2.24) is 5.32 Å². The summed E-state index contributed by atoms with van der Waals surface area (Å²) in [6, 6.07) is 6.53. The lowest BCUT2D eigenvalue weighted by Gasteiger charge is -2.31. The Hall–Kier alpha value is -1.06. The molecule has 0 fully saturated rings. The van der Waals surface area contributed by atoms with Gasteiger partial charge in [0.25, 0.3) is 0 Å². The summed E-state index contributed by atoms with van der Waals surface area (Å²) in [5, 5.41) is 13.4. The second-order valence-corrected chi connectivity index (χ2v) is 5.74. The molecule has 0 spiro atoms. The minimum atomic E-state index is -0.684. The predicted molar refractivity (Wildman–Crippen MR) is 82.7 cm³/mol. The normalized spacial score (nSPS) is 11.7. The van der Waals surface area contributed by atoms with Gasteiger partial charge >= 0.3 is 0 Å². The van der Waals surface area contributed by atoms with E-state index >= 15 is 0 Å². The number of rotatable bonds is 7. The maximum absolute atomic E-state index is 10.0. The van der Waals surface area contributed by atoms with Crippen LogP contribution in [-0.4, -0.2) is 30.3 Å². The number of likely N-dealkylation sites (N-methyl/N-ethyl adjacent to an activating group) is 1. The number of benzene rings is 1. The Morgan fingerprint density at radius 2 is 1.95 bits per heavy atom. The molecule has 1 aromatic carbocycles. The number of aryl methyl sites for hydroxylation is 1. The van der Waals surface area contributed by atoms with Gasteiger partial charge in [0.15, 0.2) is 0 Å². The van der Waals surface area contributed by atoms with E-state index in [9.17, 15) is 5.11 Å². The highest BCUT2D eigenvalue weighted by molar-refractivity contribution is 5.55. The number of aliphatic hydroxyl groups is 1.